The van der Waals surface area contributed by atoms with E-state index in [4.69, 9.17) is 4.74 Å². The summed E-state index contributed by atoms with van der Waals surface area (Å²) < 4.78 is 5.81. The number of carbonyl (C=O) groups is 1. The number of carbonyl (C=O) groups excluding carboxylic acids is 1. The fourth-order valence-electron chi connectivity index (χ4n) is 3.01. The molecule has 1 aliphatic rings. The van der Waals surface area contributed by atoms with E-state index in [2.05, 4.69) is 27.6 Å². The van der Waals surface area contributed by atoms with Crippen LogP contribution in [0.1, 0.15) is 22.5 Å². The van der Waals surface area contributed by atoms with Crippen LogP contribution in [-0.4, -0.2) is 46.9 Å². The first kappa shape index (κ1) is 16.5. The first-order valence-corrected chi connectivity index (χ1v) is 8.32. The molecule has 0 saturated carbocycles. The molecule has 2 N–H and O–H groups in total. The fraction of sp³-hybridized carbons (Fsp3) is 0.444. The quantitative estimate of drug-likeness (QED) is 0.904. The zero-order valence-corrected chi connectivity index (χ0v) is 14.2. The number of aromatic amines is 1. The van der Waals surface area contributed by atoms with Gasteiger partial charge in [0.05, 0.1) is 18.4 Å². The van der Waals surface area contributed by atoms with Crippen LogP contribution in [-0.2, 0) is 17.7 Å². The number of ether oxygens (including phenoxy) is 1. The maximum absolute atomic E-state index is 12.4. The molecule has 2 aromatic rings. The molecule has 1 aromatic carbocycles. The molecule has 0 bridgehead atoms. The normalized spacial score (nSPS) is 17.8. The average molecular weight is 328 g/mol. The molecular formula is C18H24N4O2. The smallest absolute Gasteiger partial charge is 0.317 e. The molecule has 1 saturated heterocycles. The number of benzene rings is 1. The van der Waals surface area contributed by atoms with E-state index in [1.54, 1.807) is 0 Å². The Balaban J connectivity index is 1.53. The fourth-order valence-corrected chi connectivity index (χ4v) is 3.01. The summed E-state index contributed by atoms with van der Waals surface area (Å²) in [7, 11) is 0. The highest BCUT2D eigenvalue weighted by Gasteiger charge is 2.24. The first-order chi connectivity index (χ1) is 11.6. The lowest BCUT2D eigenvalue weighted by Crippen LogP contribution is -2.50. The summed E-state index contributed by atoms with van der Waals surface area (Å²) in [5, 5.41) is 10.1. The van der Waals surface area contributed by atoms with Crippen LogP contribution in [0.5, 0.6) is 0 Å². The third kappa shape index (κ3) is 3.94. The third-order valence-corrected chi connectivity index (χ3v) is 4.43. The Morgan fingerprint density at radius 3 is 2.88 bits per heavy atom. The van der Waals surface area contributed by atoms with Crippen molar-refractivity contribution in [2.75, 3.05) is 19.7 Å². The topological polar surface area (TPSA) is 70.2 Å². The lowest BCUT2D eigenvalue weighted by molar-refractivity contribution is -0.0133. The molecule has 1 aromatic heterocycles. The molecule has 1 aliphatic heterocycles. The van der Waals surface area contributed by atoms with Crippen LogP contribution >= 0.6 is 0 Å². The Morgan fingerprint density at radius 1 is 1.38 bits per heavy atom. The van der Waals surface area contributed by atoms with Gasteiger partial charge >= 0.3 is 6.03 Å². The Bertz CT molecular complexity index is 664. The number of nitrogens with one attached hydrogen (secondary N) is 2. The van der Waals surface area contributed by atoms with Gasteiger partial charge in [0, 0.05) is 37.3 Å². The summed E-state index contributed by atoms with van der Waals surface area (Å²) in [4.78, 5) is 14.3. The van der Waals surface area contributed by atoms with E-state index in [0.29, 0.717) is 26.2 Å². The Kier molecular flexibility index (Phi) is 5.15. The molecule has 0 radical (unpaired) electrons. The van der Waals surface area contributed by atoms with Crippen molar-refractivity contribution in [2.24, 2.45) is 0 Å². The van der Waals surface area contributed by atoms with Gasteiger partial charge in [-0.2, -0.15) is 5.10 Å². The molecule has 3 rings (SSSR count). The van der Waals surface area contributed by atoms with Crippen LogP contribution in [0.2, 0.25) is 0 Å². The molecule has 1 fully saturated rings. The lowest BCUT2D eigenvalue weighted by Gasteiger charge is -2.33. The Labute approximate surface area is 142 Å². The molecule has 6 nitrogen and oxygen atoms in total. The van der Waals surface area contributed by atoms with E-state index < -0.39 is 0 Å². The minimum atomic E-state index is -0.0450. The van der Waals surface area contributed by atoms with Crippen molar-refractivity contribution in [3.05, 3.63) is 52.8 Å². The number of rotatable bonds is 4. The Morgan fingerprint density at radius 2 is 2.17 bits per heavy atom. The number of aromatic nitrogens is 2. The molecule has 0 aliphatic carbocycles. The number of aryl methyl sites for hydroxylation is 2. The van der Waals surface area contributed by atoms with Gasteiger partial charge in [0.15, 0.2) is 0 Å². The molecule has 128 valence electrons. The standard InChI is InChI=1S/C18H24N4O2/c1-13-17(14(2)21-20-13)11-19-18(23)22-8-9-24-16(12-22)10-15-6-4-3-5-7-15/h3-7,16H,8-12H2,1-2H3,(H,19,23)(H,20,21). The molecule has 6 heteroatoms. The number of hydrogen-bond acceptors (Lipinski definition) is 3. The zero-order valence-electron chi connectivity index (χ0n) is 14.2. The molecule has 24 heavy (non-hydrogen) atoms. The summed E-state index contributed by atoms with van der Waals surface area (Å²) in [6.45, 7) is 6.22. The molecule has 2 heterocycles. The zero-order chi connectivity index (χ0) is 16.9. The van der Waals surface area contributed by atoms with E-state index >= 15 is 0 Å². The second-order valence-corrected chi connectivity index (χ2v) is 6.20. The Hall–Kier alpha value is -2.34. The number of urea groups is 1. The van der Waals surface area contributed by atoms with Crippen LogP contribution in [0.3, 0.4) is 0 Å². The summed E-state index contributed by atoms with van der Waals surface area (Å²) in [6.07, 6.45) is 0.870. The monoisotopic (exact) mass is 328 g/mol. The van der Waals surface area contributed by atoms with Gasteiger partial charge in [-0.25, -0.2) is 4.79 Å². The molecule has 1 atom stereocenters. The third-order valence-electron chi connectivity index (χ3n) is 4.43. The van der Waals surface area contributed by atoms with Gasteiger partial charge in [0.1, 0.15) is 0 Å². The van der Waals surface area contributed by atoms with Crippen molar-refractivity contribution >= 4 is 6.03 Å². The number of H-pyrrole nitrogens is 1. The van der Waals surface area contributed by atoms with E-state index in [9.17, 15) is 4.79 Å². The van der Waals surface area contributed by atoms with Crippen LogP contribution < -0.4 is 5.32 Å². The van der Waals surface area contributed by atoms with E-state index in [0.717, 1.165) is 23.4 Å². The van der Waals surface area contributed by atoms with Gasteiger partial charge in [-0.15, -0.1) is 0 Å². The molecular weight excluding hydrogens is 304 g/mol. The summed E-state index contributed by atoms with van der Waals surface area (Å²) >= 11 is 0. The highest BCUT2D eigenvalue weighted by Crippen LogP contribution is 2.13. The predicted octanol–water partition coefficient (Wildman–Crippen LogP) is 2.18. The van der Waals surface area contributed by atoms with Crippen molar-refractivity contribution in [3.8, 4) is 0 Å². The van der Waals surface area contributed by atoms with Gasteiger partial charge in [-0.3, -0.25) is 5.10 Å². The van der Waals surface area contributed by atoms with Crippen LogP contribution in [0, 0.1) is 13.8 Å². The number of amides is 2. The second-order valence-electron chi connectivity index (χ2n) is 6.20. The highest BCUT2D eigenvalue weighted by molar-refractivity contribution is 5.74. The molecule has 2 amide bonds. The van der Waals surface area contributed by atoms with E-state index in [1.807, 2.05) is 36.9 Å². The number of hydrogen-bond donors (Lipinski definition) is 2. The summed E-state index contributed by atoms with van der Waals surface area (Å²) in [5.74, 6) is 0. The van der Waals surface area contributed by atoms with Crippen LogP contribution in [0.15, 0.2) is 30.3 Å². The number of morpholine rings is 1. The van der Waals surface area contributed by atoms with Gasteiger partial charge in [0.25, 0.3) is 0 Å². The number of nitrogens with zero attached hydrogens (tertiary/aromatic N) is 2. The summed E-state index contributed by atoms with van der Waals surface area (Å²) in [6, 6.07) is 10.2. The second kappa shape index (κ2) is 7.49. The average Bonchev–Trinajstić information content (AvgIpc) is 2.92. The SMILES string of the molecule is Cc1n[nH]c(C)c1CNC(=O)N1CCOC(Cc2ccccc2)C1. The summed E-state index contributed by atoms with van der Waals surface area (Å²) in [5.41, 5.74) is 4.21. The van der Waals surface area contributed by atoms with Crippen molar-refractivity contribution in [1.82, 2.24) is 20.4 Å². The van der Waals surface area contributed by atoms with Crippen molar-refractivity contribution in [1.29, 1.82) is 0 Å². The largest absolute Gasteiger partial charge is 0.374 e. The highest BCUT2D eigenvalue weighted by atomic mass is 16.5. The minimum absolute atomic E-state index is 0.0450. The van der Waals surface area contributed by atoms with E-state index in [-0.39, 0.29) is 12.1 Å². The minimum Gasteiger partial charge on any atom is -0.374 e. The van der Waals surface area contributed by atoms with Crippen LogP contribution in [0.25, 0.3) is 0 Å². The lowest BCUT2D eigenvalue weighted by atomic mass is 10.1. The van der Waals surface area contributed by atoms with Crippen molar-refractivity contribution in [3.63, 3.8) is 0 Å². The predicted molar refractivity (Wildman–Crippen MR) is 91.8 cm³/mol. The van der Waals surface area contributed by atoms with Crippen molar-refractivity contribution < 1.29 is 9.53 Å². The van der Waals surface area contributed by atoms with Gasteiger partial charge in [-0.1, -0.05) is 30.3 Å². The molecule has 0 spiro atoms. The van der Waals surface area contributed by atoms with E-state index in [1.165, 1.54) is 5.56 Å². The maximum atomic E-state index is 12.4. The first-order valence-electron chi connectivity index (χ1n) is 8.32. The maximum Gasteiger partial charge on any atom is 0.317 e. The van der Waals surface area contributed by atoms with Crippen LogP contribution in [0.4, 0.5) is 4.79 Å². The van der Waals surface area contributed by atoms with Gasteiger partial charge in [0.2, 0.25) is 0 Å². The van der Waals surface area contributed by atoms with Crippen molar-refractivity contribution in [2.45, 2.75) is 32.9 Å². The van der Waals surface area contributed by atoms with Gasteiger partial charge in [-0.05, 0) is 19.4 Å². The molecule has 1 unspecified atom stereocenters. The van der Waals surface area contributed by atoms with Gasteiger partial charge < -0.3 is 15.0 Å².